The lowest BCUT2D eigenvalue weighted by Crippen LogP contribution is -1.97. The standard InChI is InChI=1S/C10H13ClO4S2/c1-2-3-4-5-7-6-8(17(11,14)15)16-9(7)10(12)13/h6H,2-5H2,1H3,(H,12,13). The molecule has 4 nitrogen and oxygen atoms in total. The second kappa shape index (κ2) is 5.84. The Morgan fingerprint density at radius 3 is 2.59 bits per heavy atom. The first-order valence-corrected chi connectivity index (χ1v) is 8.29. The zero-order valence-electron chi connectivity index (χ0n) is 9.27. The molecule has 1 aromatic rings. The van der Waals surface area contributed by atoms with Gasteiger partial charge in [-0.2, -0.15) is 0 Å². The van der Waals surface area contributed by atoms with Crippen molar-refractivity contribution in [2.24, 2.45) is 0 Å². The van der Waals surface area contributed by atoms with E-state index < -0.39 is 15.0 Å². The zero-order chi connectivity index (χ0) is 13.1. The van der Waals surface area contributed by atoms with E-state index >= 15 is 0 Å². The number of hydrogen-bond donors (Lipinski definition) is 1. The van der Waals surface area contributed by atoms with Gasteiger partial charge in [-0.15, -0.1) is 11.3 Å². The maximum atomic E-state index is 11.1. The van der Waals surface area contributed by atoms with Crippen molar-refractivity contribution in [2.45, 2.75) is 36.8 Å². The van der Waals surface area contributed by atoms with Crippen LogP contribution in [-0.4, -0.2) is 19.5 Å². The number of halogens is 1. The van der Waals surface area contributed by atoms with Gasteiger partial charge in [0.2, 0.25) is 0 Å². The number of aromatic carboxylic acids is 1. The first-order chi connectivity index (χ1) is 7.86. The minimum absolute atomic E-state index is 0.0697. The van der Waals surface area contributed by atoms with Crippen LogP contribution < -0.4 is 0 Å². The van der Waals surface area contributed by atoms with E-state index in [1.54, 1.807) is 0 Å². The van der Waals surface area contributed by atoms with Gasteiger partial charge in [0.05, 0.1) is 0 Å². The van der Waals surface area contributed by atoms with Crippen molar-refractivity contribution in [1.29, 1.82) is 0 Å². The molecule has 0 atom stereocenters. The summed E-state index contributed by atoms with van der Waals surface area (Å²) >= 11 is 0.713. The SMILES string of the molecule is CCCCCc1cc(S(=O)(=O)Cl)sc1C(=O)O. The van der Waals surface area contributed by atoms with E-state index in [1.807, 2.05) is 6.92 Å². The summed E-state index contributed by atoms with van der Waals surface area (Å²) in [6.07, 6.45) is 3.42. The van der Waals surface area contributed by atoms with Gasteiger partial charge in [0.1, 0.15) is 9.09 Å². The fraction of sp³-hybridized carbons (Fsp3) is 0.500. The van der Waals surface area contributed by atoms with E-state index in [4.69, 9.17) is 15.8 Å². The second-order valence-electron chi connectivity index (χ2n) is 3.62. The van der Waals surface area contributed by atoms with Gasteiger partial charge in [0, 0.05) is 10.7 Å². The van der Waals surface area contributed by atoms with E-state index in [2.05, 4.69) is 0 Å². The Morgan fingerprint density at radius 2 is 2.12 bits per heavy atom. The number of rotatable bonds is 6. The van der Waals surface area contributed by atoms with E-state index in [0.29, 0.717) is 23.3 Å². The molecule has 0 saturated heterocycles. The van der Waals surface area contributed by atoms with E-state index in [1.165, 1.54) is 6.07 Å². The highest BCUT2D eigenvalue weighted by Gasteiger charge is 2.21. The molecule has 0 unspecified atom stereocenters. The highest BCUT2D eigenvalue weighted by atomic mass is 35.7. The molecule has 0 saturated carbocycles. The Hall–Kier alpha value is -0.590. The quantitative estimate of drug-likeness (QED) is 0.647. The number of carboxylic acids is 1. The minimum atomic E-state index is -3.84. The monoisotopic (exact) mass is 296 g/mol. The number of hydrogen-bond acceptors (Lipinski definition) is 4. The summed E-state index contributed by atoms with van der Waals surface area (Å²) in [7, 11) is 1.36. The van der Waals surface area contributed by atoms with Gasteiger partial charge in [0.15, 0.2) is 0 Å². The van der Waals surface area contributed by atoms with Crippen LogP contribution in [0.15, 0.2) is 10.3 Å². The lowest BCUT2D eigenvalue weighted by molar-refractivity contribution is 0.0701. The predicted molar refractivity (Wildman–Crippen MR) is 67.5 cm³/mol. The zero-order valence-corrected chi connectivity index (χ0v) is 11.7. The number of aryl methyl sites for hydroxylation is 1. The average Bonchev–Trinajstić information content (AvgIpc) is 2.61. The van der Waals surface area contributed by atoms with Crippen LogP contribution in [-0.2, 0) is 15.5 Å². The topological polar surface area (TPSA) is 71.4 Å². The average molecular weight is 297 g/mol. The Labute approximate surface area is 109 Å². The van der Waals surface area contributed by atoms with Crippen molar-refractivity contribution >= 4 is 37.0 Å². The molecule has 0 amide bonds. The normalized spacial score (nSPS) is 11.6. The highest BCUT2D eigenvalue weighted by molar-refractivity contribution is 8.15. The maximum absolute atomic E-state index is 11.1. The fourth-order valence-corrected chi connectivity index (χ4v) is 3.59. The van der Waals surface area contributed by atoms with Crippen LogP contribution in [0, 0.1) is 0 Å². The van der Waals surface area contributed by atoms with Crippen molar-refractivity contribution in [1.82, 2.24) is 0 Å². The van der Waals surface area contributed by atoms with Crippen LogP contribution in [0.4, 0.5) is 0 Å². The third-order valence-electron chi connectivity index (χ3n) is 2.27. The van der Waals surface area contributed by atoms with Gasteiger partial charge >= 0.3 is 5.97 Å². The number of thiophene rings is 1. The largest absolute Gasteiger partial charge is 0.477 e. The maximum Gasteiger partial charge on any atom is 0.346 e. The van der Waals surface area contributed by atoms with Crippen molar-refractivity contribution in [3.05, 3.63) is 16.5 Å². The molecule has 7 heteroatoms. The summed E-state index contributed by atoms with van der Waals surface area (Å²) in [6.45, 7) is 2.04. The summed E-state index contributed by atoms with van der Waals surface area (Å²) in [6, 6.07) is 1.37. The molecular formula is C10H13ClO4S2. The molecule has 96 valence electrons. The second-order valence-corrected chi connectivity index (χ2v) is 7.46. The molecule has 1 aromatic heterocycles. The first-order valence-electron chi connectivity index (χ1n) is 5.17. The fourth-order valence-electron chi connectivity index (χ4n) is 1.46. The molecule has 17 heavy (non-hydrogen) atoms. The van der Waals surface area contributed by atoms with Gasteiger partial charge in [-0.25, -0.2) is 13.2 Å². The number of carbonyl (C=O) groups is 1. The molecular weight excluding hydrogens is 284 g/mol. The smallest absolute Gasteiger partial charge is 0.346 e. The lowest BCUT2D eigenvalue weighted by Gasteiger charge is -1.98. The summed E-state index contributed by atoms with van der Waals surface area (Å²) in [5.41, 5.74) is 0.551. The molecule has 1 rings (SSSR count). The van der Waals surface area contributed by atoms with Crippen molar-refractivity contribution in [3.63, 3.8) is 0 Å². The van der Waals surface area contributed by atoms with Gasteiger partial charge < -0.3 is 5.11 Å². The Morgan fingerprint density at radius 1 is 1.47 bits per heavy atom. The molecule has 0 aliphatic rings. The van der Waals surface area contributed by atoms with E-state index in [0.717, 1.165) is 19.3 Å². The Bertz CT molecular complexity index is 504. The molecule has 0 bridgehead atoms. The van der Waals surface area contributed by atoms with Crippen LogP contribution >= 0.6 is 22.0 Å². The van der Waals surface area contributed by atoms with Gasteiger partial charge in [-0.05, 0) is 24.5 Å². The lowest BCUT2D eigenvalue weighted by atomic mass is 10.1. The van der Waals surface area contributed by atoms with Crippen LogP contribution in [0.2, 0.25) is 0 Å². The van der Waals surface area contributed by atoms with Gasteiger partial charge in [0.25, 0.3) is 9.05 Å². The summed E-state index contributed by atoms with van der Waals surface area (Å²) in [5.74, 6) is -1.10. The summed E-state index contributed by atoms with van der Waals surface area (Å²) in [4.78, 5) is 11.0. The van der Waals surface area contributed by atoms with Crippen LogP contribution in [0.3, 0.4) is 0 Å². The molecule has 0 radical (unpaired) electrons. The summed E-state index contributed by atoms with van der Waals surface area (Å²) in [5, 5.41) is 8.97. The molecule has 1 heterocycles. The van der Waals surface area contributed by atoms with Crippen LogP contribution in [0.25, 0.3) is 0 Å². The molecule has 0 aromatic carbocycles. The van der Waals surface area contributed by atoms with Crippen molar-refractivity contribution in [3.8, 4) is 0 Å². The van der Waals surface area contributed by atoms with Crippen molar-refractivity contribution < 1.29 is 18.3 Å². The molecule has 0 aliphatic heterocycles. The predicted octanol–water partition coefficient (Wildman–Crippen LogP) is 3.11. The van der Waals surface area contributed by atoms with E-state index in [-0.39, 0.29) is 9.09 Å². The third kappa shape index (κ3) is 3.97. The Balaban J connectivity index is 3.02. The van der Waals surface area contributed by atoms with Crippen LogP contribution in [0.1, 0.15) is 41.4 Å². The van der Waals surface area contributed by atoms with E-state index in [9.17, 15) is 13.2 Å². The van der Waals surface area contributed by atoms with Gasteiger partial charge in [-0.3, -0.25) is 0 Å². The molecule has 0 fully saturated rings. The summed E-state index contributed by atoms with van der Waals surface area (Å²) < 4.78 is 22.2. The minimum Gasteiger partial charge on any atom is -0.477 e. The highest BCUT2D eigenvalue weighted by Crippen LogP contribution is 2.30. The van der Waals surface area contributed by atoms with Crippen LogP contribution in [0.5, 0.6) is 0 Å². The van der Waals surface area contributed by atoms with Gasteiger partial charge in [-0.1, -0.05) is 19.8 Å². The molecule has 1 N–H and O–H groups in total. The Kier molecular flexibility index (Phi) is 4.97. The molecule has 0 spiro atoms. The molecule has 0 aliphatic carbocycles. The first kappa shape index (κ1) is 14.5. The number of carboxylic acid groups (broad SMARTS) is 1. The van der Waals surface area contributed by atoms with Crippen molar-refractivity contribution in [2.75, 3.05) is 0 Å². The third-order valence-corrected chi connectivity index (χ3v) is 5.51. The number of unbranched alkanes of at least 4 members (excludes halogenated alkanes) is 2.